The number of hydrogen-bond acceptors (Lipinski definition) is 3. The zero-order valence-electron chi connectivity index (χ0n) is 17.0. The van der Waals surface area contributed by atoms with Crippen molar-refractivity contribution >= 4 is 46.6 Å². The Hall–Kier alpha value is -1.95. The van der Waals surface area contributed by atoms with E-state index < -0.39 is 6.04 Å². The lowest BCUT2D eigenvalue weighted by molar-refractivity contribution is -0.143. The summed E-state index contributed by atoms with van der Waals surface area (Å²) < 4.78 is 5.61. The zero-order valence-corrected chi connectivity index (χ0v) is 19.2. The van der Waals surface area contributed by atoms with Crippen LogP contribution in [0.25, 0.3) is 0 Å². The second-order valence-electron chi connectivity index (χ2n) is 6.73. The van der Waals surface area contributed by atoms with E-state index in [-0.39, 0.29) is 25.0 Å². The summed E-state index contributed by atoms with van der Waals surface area (Å²) in [5.74, 6) is -0.0381. The average molecular weight is 472 g/mol. The van der Waals surface area contributed by atoms with Crippen molar-refractivity contribution in [3.63, 3.8) is 0 Å². The molecule has 0 unspecified atom stereocenters. The highest BCUT2D eigenvalue weighted by atomic mass is 35.5. The lowest BCUT2D eigenvalue weighted by atomic mass is 10.1. The van der Waals surface area contributed by atoms with Gasteiger partial charge in [-0.25, -0.2) is 0 Å². The molecule has 0 aromatic heterocycles. The van der Waals surface area contributed by atoms with Gasteiger partial charge in [0.15, 0.2) is 6.61 Å². The van der Waals surface area contributed by atoms with Gasteiger partial charge < -0.3 is 15.0 Å². The fourth-order valence-electron chi connectivity index (χ4n) is 2.90. The highest BCUT2D eigenvalue weighted by Gasteiger charge is 2.28. The van der Waals surface area contributed by atoms with Gasteiger partial charge >= 0.3 is 0 Å². The number of halogens is 3. The highest BCUT2D eigenvalue weighted by Crippen LogP contribution is 2.24. The van der Waals surface area contributed by atoms with Crippen LogP contribution in [-0.4, -0.2) is 35.9 Å². The molecule has 0 aliphatic heterocycles. The molecule has 1 N–H and O–H groups in total. The molecule has 0 saturated carbocycles. The molecule has 2 aromatic carbocycles. The Kier molecular flexibility index (Phi) is 9.76. The molecule has 0 spiro atoms. The number of ether oxygens (including phenoxy) is 1. The third-order valence-corrected chi connectivity index (χ3v) is 5.40. The molecule has 162 valence electrons. The number of nitrogens with zero attached hydrogens (tertiary/aromatic N) is 1. The standard InChI is InChI=1S/C22H25Cl3N2O3/c1-3-10-26-22(29)20(4-2)27(13-15-8-9-18(24)19(25)11-15)21(28)14-30-17-7-5-6-16(23)12-17/h5-9,11-12,20H,3-4,10,13-14H2,1-2H3,(H,26,29)/t20-/m1/s1. The van der Waals surface area contributed by atoms with Gasteiger partial charge in [0, 0.05) is 18.1 Å². The van der Waals surface area contributed by atoms with E-state index in [1.54, 1.807) is 42.5 Å². The van der Waals surface area contributed by atoms with Gasteiger partial charge in [0.25, 0.3) is 5.91 Å². The molecule has 0 saturated heterocycles. The molecular weight excluding hydrogens is 447 g/mol. The second-order valence-corrected chi connectivity index (χ2v) is 7.98. The predicted octanol–water partition coefficient (Wildman–Crippen LogP) is 5.36. The first kappa shape index (κ1) is 24.3. The van der Waals surface area contributed by atoms with Gasteiger partial charge in [-0.1, -0.05) is 60.8 Å². The molecule has 0 bridgehead atoms. The Balaban J connectivity index is 2.22. The number of amides is 2. The van der Waals surface area contributed by atoms with E-state index in [1.165, 1.54) is 4.90 Å². The molecule has 0 heterocycles. The van der Waals surface area contributed by atoms with Crippen LogP contribution in [0, 0.1) is 0 Å². The van der Waals surface area contributed by atoms with Crippen LogP contribution in [0.15, 0.2) is 42.5 Å². The molecule has 2 rings (SSSR count). The van der Waals surface area contributed by atoms with Crippen molar-refractivity contribution in [2.75, 3.05) is 13.2 Å². The van der Waals surface area contributed by atoms with Crippen LogP contribution in [0.3, 0.4) is 0 Å². The number of rotatable bonds is 10. The smallest absolute Gasteiger partial charge is 0.261 e. The van der Waals surface area contributed by atoms with E-state index in [4.69, 9.17) is 39.5 Å². The zero-order chi connectivity index (χ0) is 22.1. The third-order valence-electron chi connectivity index (χ3n) is 4.43. The van der Waals surface area contributed by atoms with Gasteiger partial charge in [-0.05, 0) is 48.7 Å². The monoisotopic (exact) mass is 470 g/mol. The van der Waals surface area contributed by atoms with Crippen molar-refractivity contribution in [1.29, 1.82) is 0 Å². The summed E-state index contributed by atoms with van der Waals surface area (Å²) in [6.07, 6.45) is 1.26. The van der Waals surface area contributed by atoms with E-state index in [1.807, 2.05) is 13.8 Å². The van der Waals surface area contributed by atoms with E-state index in [2.05, 4.69) is 5.32 Å². The van der Waals surface area contributed by atoms with Gasteiger partial charge in [-0.2, -0.15) is 0 Å². The van der Waals surface area contributed by atoms with Crippen molar-refractivity contribution in [2.24, 2.45) is 0 Å². The van der Waals surface area contributed by atoms with E-state index in [0.29, 0.717) is 33.8 Å². The van der Waals surface area contributed by atoms with Crippen LogP contribution in [0.1, 0.15) is 32.3 Å². The molecular formula is C22H25Cl3N2O3. The molecule has 0 fully saturated rings. The number of nitrogens with one attached hydrogen (secondary N) is 1. The summed E-state index contributed by atoms with van der Waals surface area (Å²) in [6.45, 7) is 4.36. The van der Waals surface area contributed by atoms with E-state index in [9.17, 15) is 9.59 Å². The predicted molar refractivity (Wildman–Crippen MR) is 121 cm³/mol. The van der Waals surface area contributed by atoms with Crippen LogP contribution >= 0.6 is 34.8 Å². The quantitative estimate of drug-likeness (QED) is 0.507. The minimum atomic E-state index is -0.638. The molecule has 1 atom stereocenters. The average Bonchev–Trinajstić information content (AvgIpc) is 2.73. The van der Waals surface area contributed by atoms with Crippen LogP contribution in [0.5, 0.6) is 5.75 Å². The van der Waals surface area contributed by atoms with Crippen molar-refractivity contribution in [3.8, 4) is 5.75 Å². The number of carbonyl (C=O) groups excluding carboxylic acids is 2. The SMILES string of the molecule is CCCNC(=O)[C@@H](CC)N(Cc1ccc(Cl)c(Cl)c1)C(=O)COc1cccc(Cl)c1. The van der Waals surface area contributed by atoms with E-state index in [0.717, 1.165) is 12.0 Å². The van der Waals surface area contributed by atoms with E-state index >= 15 is 0 Å². The maximum Gasteiger partial charge on any atom is 0.261 e. The Bertz CT molecular complexity index is 876. The lowest BCUT2D eigenvalue weighted by Crippen LogP contribution is -2.50. The van der Waals surface area contributed by atoms with Crippen molar-refractivity contribution in [2.45, 2.75) is 39.3 Å². The molecule has 2 amide bonds. The van der Waals surface area contributed by atoms with Gasteiger partial charge in [-0.15, -0.1) is 0 Å². The summed E-state index contributed by atoms with van der Waals surface area (Å²) in [5, 5.41) is 4.20. The minimum absolute atomic E-state index is 0.199. The second kappa shape index (κ2) is 12.0. The van der Waals surface area contributed by atoms with Gasteiger partial charge in [0.05, 0.1) is 10.0 Å². The number of hydrogen-bond donors (Lipinski definition) is 1. The van der Waals surface area contributed by atoms with Crippen LogP contribution in [0.4, 0.5) is 0 Å². The normalized spacial score (nSPS) is 11.6. The topological polar surface area (TPSA) is 58.6 Å². The Morgan fingerprint density at radius 3 is 2.47 bits per heavy atom. The van der Waals surface area contributed by atoms with Gasteiger partial charge in [-0.3, -0.25) is 9.59 Å². The lowest BCUT2D eigenvalue weighted by Gasteiger charge is -2.30. The Morgan fingerprint density at radius 2 is 1.83 bits per heavy atom. The molecule has 5 nitrogen and oxygen atoms in total. The first-order valence-electron chi connectivity index (χ1n) is 9.75. The van der Waals surface area contributed by atoms with Crippen LogP contribution in [-0.2, 0) is 16.1 Å². The number of carbonyl (C=O) groups is 2. The van der Waals surface area contributed by atoms with Gasteiger partial charge in [0.2, 0.25) is 5.91 Å². The molecule has 30 heavy (non-hydrogen) atoms. The summed E-state index contributed by atoms with van der Waals surface area (Å²) in [7, 11) is 0. The summed E-state index contributed by atoms with van der Waals surface area (Å²) in [6, 6.07) is 11.3. The third kappa shape index (κ3) is 7.08. The fourth-order valence-corrected chi connectivity index (χ4v) is 3.41. The molecule has 0 radical (unpaired) electrons. The minimum Gasteiger partial charge on any atom is -0.484 e. The van der Waals surface area contributed by atoms with Crippen LogP contribution < -0.4 is 10.1 Å². The van der Waals surface area contributed by atoms with Gasteiger partial charge in [0.1, 0.15) is 11.8 Å². The molecule has 2 aromatic rings. The number of benzene rings is 2. The molecule has 8 heteroatoms. The van der Waals surface area contributed by atoms with Crippen molar-refractivity contribution < 1.29 is 14.3 Å². The maximum absolute atomic E-state index is 13.1. The molecule has 0 aliphatic rings. The largest absolute Gasteiger partial charge is 0.484 e. The molecule has 0 aliphatic carbocycles. The summed E-state index contributed by atoms with van der Waals surface area (Å²) >= 11 is 18.1. The maximum atomic E-state index is 13.1. The Morgan fingerprint density at radius 1 is 1.07 bits per heavy atom. The first-order chi connectivity index (χ1) is 14.3. The van der Waals surface area contributed by atoms with Crippen molar-refractivity contribution in [3.05, 3.63) is 63.1 Å². The van der Waals surface area contributed by atoms with Crippen molar-refractivity contribution in [1.82, 2.24) is 10.2 Å². The Labute approximate surface area is 192 Å². The fraction of sp³-hybridized carbons (Fsp3) is 0.364. The summed E-state index contributed by atoms with van der Waals surface area (Å²) in [4.78, 5) is 27.3. The highest BCUT2D eigenvalue weighted by molar-refractivity contribution is 6.42. The summed E-state index contributed by atoms with van der Waals surface area (Å²) in [5.41, 5.74) is 0.766. The van der Waals surface area contributed by atoms with Crippen LogP contribution in [0.2, 0.25) is 15.1 Å². The first-order valence-corrected chi connectivity index (χ1v) is 10.9.